The molecule has 1 aromatic rings. The smallest absolute Gasteiger partial charge is 0.331 e. The molecular weight excluding hydrogens is 238 g/mol. The zero-order chi connectivity index (χ0) is 12.4. The number of rotatable bonds is 2. The standard InChI is InChI=1S/C12H11NO3S/c1-2-3-10(14)13-6-4-9-8(5-7-17-9)11(13)12(15)16/h1,5,7,11H,3-4,6H2,(H,15,16). The summed E-state index contributed by atoms with van der Waals surface area (Å²) in [5.41, 5.74) is 0.721. The zero-order valence-corrected chi connectivity index (χ0v) is 9.87. The summed E-state index contributed by atoms with van der Waals surface area (Å²) < 4.78 is 0. The first-order valence-corrected chi connectivity index (χ1v) is 6.05. The number of carbonyl (C=O) groups excluding carboxylic acids is 1. The number of amides is 1. The first-order valence-electron chi connectivity index (χ1n) is 5.17. The van der Waals surface area contributed by atoms with Crippen LogP contribution >= 0.6 is 11.3 Å². The van der Waals surface area contributed by atoms with Crippen molar-refractivity contribution in [2.24, 2.45) is 0 Å². The second-order valence-corrected chi connectivity index (χ2v) is 4.76. The third-order valence-corrected chi connectivity index (χ3v) is 3.77. The number of carbonyl (C=O) groups is 2. The lowest BCUT2D eigenvalue weighted by Crippen LogP contribution is -2.42. The van der Waals surface area contributed by atoms with Gasteiger partial charge < -0.3 is 10.0 Å². The molecule has 0 spiro atoms. The minimum absolute atomic E-state index is 0.0523. The molecule has 4 nitrogen and oxygen atoms in total. The maximum atomic E-state index is 11.8. The SMILES string of the molecule is C#CCC(=O)N1CCc2sccc2C1C(=O)O. The van der Waals surface area contributed by atoms with Gasteiger partial charge >= 0.3 is 5.97 Å². The minimum atomic E-state index is -1.00. The molecule has 5 heteroatoms. The number of carboxylic acid groups (broad SMARTS) is 1. The Morgan fingerprint density at radius 1 is 1.65 bits per heavy atom. The van der Waals surface area contributed by atoms with Gasteiger partial charge in [0.15, 0.2) is 6.04 Å². The fourth-order valence-corrected chi connectivity index (χ4v) is 2.94. The van der Waals surface area contributed by atoms with Crippen LogP contribution in [-0.4, -0.2) is 28.4 Å². The maximum absolute atomic E-state index is 11.8. The van der Waals surface area contributed by atoms with Gasteiger partial charge in [0.05, 0.1) is 6.42 Å². The normalized spacial score (nSPS) is 18.3. The van der Waals surface area contributed by atoms with Crippen molar-refractivity contribution in [3.63, 3.8) is 0 Å². The number of thiophene rings is 1. The van der Waals surface area contributed by atoms with Crippen molar-refractivity contribution in [3.05, 3.63) is 21.9 Å². The largest absolute Gasteiger partial charge is 0.479 e. The van der Waals surface area contributed by atoms with E-state index in [0.29, 0.717) is 13.0 Å². The van der Waals surface area contributed by atoms with Gasteiger partial charge in [0, 0.05) is 11.4 Å². The lowest BCUT2D eigenvalue weighted by Gasteiger charge is -2.32. The Morgan fingerprint density at radius 2 is 2.41 bits per heavy atom. The molecule has 0 aromatic carbocycles. The van der Waals surface area contributed by atoms with Crippen LogP contribution in [0, 0.1) is 12.3 Å². The first-order chi connectivity index (χ1) is 8.15. The maximum Gasteiger partial charge on any atom is 0.331 e. The number of nitrogens with zero attached hydrogens (tertiary/aromatic N) is 1. The molecule has 17 heavy (non-hydrogen) atoms. The predicted molar refractivity (Wildman–Crippen MR) is 63.6 cm³/mol. The van der Waals surface area contributed by atoms with E-state index in [-0.39, 0.29) is 12.3 Å². The Balaban J connectivity index is 2.34. The number of aliphatic carboxylic acids is 1. The summed E-state index contributed by atoms with van der Waals surface area (Å²) >= 11 is 1.53. The summed E-state index contributed by atoms with van der Waals surface area (Å²) in [5, 5.41) is 11.1. The highest BCUT2D eigenvalue weighted by atomic mass is 32.1. The van der Waals surface area contributed by atoms with Crippen molar-refractivity contribution in [1.82, 2.24) is 4.90 Å². The number of fused-ring (bicyclic) bond motifs is 1. The van der Waals surface area contributed by atoms with Crippen molar-refractivity contribution in [3.8, 4) is 12.3 Å². The van der Waals surface area contributed by atoms with Gasteiger partial charge in [-0.15, -0.1) is 17.8 Å². The highest BCUT2D eigenvalue weighted by Crippen LogP contribution is 2.33. The van der Waals surface area contributed by atoms with Gasteiger partial charge in [0.25, 0.3) is 0 Å². The molecule has 2 rings (SSSR count). The van der Waals surface area contributed by atoms with E-state index in [1.54, 1.807) is 6.07 Å². The molecule has 1 aromatic heterocycles. The molecule has 0 bridgehead atoms. The number of terminal acetylenes is 1. The average molecular weight is 249 g/mol. The molecule has 0 saturated heterocycles. The van der Waals surface area contributed by atoms with Crippen molar-refractivity contribution >= 4 is 23.2 Å². The molecule has 2 heterocycles. The first kappa shape index (κ1) is 11.7. The van der Waals surface area contributed by atoms with Crippen LogP contribution in [0.5, 0.6) is 0 Å². The van der Waals surface area contributed by atoms with E-state index in [2.05, 4.69) is 5.92 Å². The lowest BCUT2D eigenvalue weighted by atomic mass is 9.99. The van der Waals surface area contributed by atoms with Crippen LogP contribution in [0.2, 0.25) is 0 Å². The van der Waals surface area contributed by atoms with Crippen LogP contribution in [-0.2, 0) is 16.0 Å². The molecule has 0 fully saturated rings. The van der Waals surface area contributed by atoms with Crippen molar-refractivity contribution < 1.29 is 14.7 Å². The van der Waals surface area contributed by atoms with E-state index in [9.17, 15) is 14.7 Å². The second-order valence-electron chi connectivity index (χ2n) is 3.76. The molecule has 1 aliphatic heterocycles. The molecule has 1 unspecified atom stereocenters. The van der Waals surface area contributed by atoms with Gasteiger partial charge in [-0.3, -0.25) is 4.79 Å². The minimum Gasteiger partial charge on any atom is -0.479 e. The van der Waals surface area contributed by atoms with E-state index in [0.717, 1.165) is 10.4 Å². The molecular formula is C12H11NO3S. The summed E-state index contributed by atoms with van der Waals surface area (Å²) in [6.07, 6.45) is 5.74. The van der Waals surface area contributed by atoms with Gasteiger partial charge in [0.2, 0.25) is 5.91 Å². The topological polar surface area (TPSA) is 57.6 Å². The van der Waals surface area contributed by atoms with Crippen LogP contribution in [0.25, 0.3) is 0 Å². The molecule has 1 aliphatic rings. The summed E-state index contributed by atoms with van der Waals surface area (Å²) in [4.78, 5) is 25.5. The van der Waals surface area contributed by atoms with Crippen molar-refractivity contribution in [2.75, 3.05) is 6.54 Å². The lowest BCUT2D eigenvalue weighted by molar-refractivity contribution is -0.150. The van der Waals surface area contributed by atoms with E-state index < -0.39 is 12.0 Å². The van der Waals surface area contributed by atoms with Crippen LogP contribution in [0.1, 0.15) is 22.9 Å². The Kier molecular flexibility index (Phi) is 3.16. The number of carboxylic acids is 1. The van der Waals surface area contributed by atoms with E-state index in [4.69, 9.17) is 6.42 Å². The predicted octanol–water partition coefficient (Wildman–Crippen LogP) is 1.28. The third kappa shape index (κ3) is 2.04. The van der Waals surface area contributed by atoms with Gasteiger partial charge in [-0.05, 0) is 23.4 Å². The van der Waals surface area contributed by atoms with Crippen molar-refractivity contribution in [1.29, 1.82) is 0 Å². The van der Waals surface area contributed by atoms with Crippen LogP contribution in [0.15, 0.2) is 11.4 Å². The molecule has 1 N–H and O–H groups in total. The third-order valence-electron chi connectivity index (χ3n) is 2.77. The van der Waals surface area contributed by atoms with Gasteiger partial charge in [-0.25, -0.2) is 4.79 Å². The molecule has 88 valence electrons. The van der Waals surface area contributed by atoms with Gasteiger partial charge in [-0.1, -0.05) is 5.92 Å². The fourth-order valence-electron chi connectivity index (χ4n) is 2.04. The second kappa shape index (κ2) is 4.60. The van der Waals surface area contributed by atoms with Crippen molar-refractivity contribution in [2.45, 2.75) is 18.9 Å². The quantitative estimate of drug-likeness (QED) is 0.803. The molecule has 0 radical (unpaired) electrons. The zero-order valence-electron chi connectivity index (χ0n) is 9.05. The summed E-state index contributed by atoms with van der Waals surface area (Å²) in [5.74, 6) is 0.961. The summed E-state index contributed by atoms with van der Waals surface area (Å²) in [6.45, 7) is 0.422. The molecule has 0 saturated carbocycles. The monoisotopic (exact) mass is 249 g/mol. The van der Waals surface area contributed by atoms with E-state index in [1.165, 1.54) is 16.2 Å². The van der Waals surface area contributed by atoms with Gasteiger partial charge in [-0.2, -0.15) is 0 Å². The highest BCUT2D eigenvalue weighted by Gasteiger charge is 2.35. The Labute approximate surface area is 103 Å². The Hall–Kier alpha value is -1.80. The van der Waals surface area contributed by atoms with Crippen LogP contribution in [0.4, 0.5) is 0 Å². The number of hydrogen-bond acceptors (Lipinski definition) is 3. The van der Waals surface area contributed by atoms with Gasteiger partial charge in [0.1, 0.15) is 0 Å². The Morgan fingerprint density at radius 3 is 3.06 bits per heavy atom. The van der Waals surface area contributed by atoms with E-state index >= 15 is 0 Å². The Bertz CT molecular complexity index is 500. The molecule has 1 atom stereocenters. The summed E-state index contributed by atoms with van der Waals surface area (Å²) in [6, 6.07) is 0.888. The van der Waals surface area contributed by atoms with Crippen LogP contribution in [0.3, 0.4) is 0 Å². The summed E-state index contributed by atoms with van der Waals surface area (Å²) in [7, 11) is 0. The average Bonchev–Trinajstić information content (AvgIpc) is 2.75. The fraction of sp³-hybridized carbons (Fsp3) is 0.333. The molecule has 1 amide bonds. The highest BCUT2D eigenvalue weighted by molar-refractivity contribution is 7.10. The number of hydrogen-bond donors (Lipinski definition) is 1. The van der Waals surface area contributed by atoms with Crippen LogP contribution < -0.4 is 0 Å². The molecule has 0 aliphatic carbocycles. The van der Waals surface area contributed by atoms with E-state index in [1.807, 2.05) is 5.38 Å².